The summed E-state index contributed by atoms with van der Waals surface area (Å²) < 4.78 is 22.6. The van der Waals surface area contributed by atoms with Crippen molar-refractivity contribution in [1.29, 1.82) is 5.41 Å². The second kappa shape index (κ2) is 7.85. The Balaban J connectivity index is 1.62. The summed E-state index contributed by atoms with van der Waals surface area (Å²) in [7, 11) is 1.47. The van der Waals surface area contributed by atoms with Gasteiger partial charge in [0.1, 0.15) is 11.9 Å². The van der Waals surface area contributed by atoms with E-state index in [1.54, 1.807) is 18.3 Å². The smallest absolute Gasteiger partial charge is 0.220 e. The molecule has 3 aliphatic rings. The van der Waals surface area contributed by atoms with Gasteiger partial charge in [0, 0.05) is 37.7 Å². The van der Waals surface area contributed by atoms with E-state index in [-0.39, 0.29) is 29.2 Å². The van der Waals surface area contributed by atoms with Gasteiger partial charge in [-0.25, -0.2) is 0 Å². The number of allylic oxidation sites excluding steroid dienone is 4. The average molecular weight is 399 g/mol. The van der Waals surface area contributed by atoms with Crippen molar-refractivity contribution >= 4 is 17.2 Å². The van der Waals surface area contributed by atoms with Gasteiger partial charge >= 0.3 is 0 Å². The predicted octanol–water partition coefficient (Wildman–Crippen LogP) is 2.85. The van der Waals surface area contributed by atoms with Crippen LogP contribution in [0.25, 0.3) is 5.57 Å². The van der Waals surface area contributed by atoms with Gasteiger partial charge in [0.15, 0.2) is 5.95 Å². The Kier molecular flexibility index (Phi) is 5.25. The lowest BCUT2D eigenvalue weighted by Gasteiger charge is -2.26. The molecule has 4 rings (SSSR count). The molecule has 8 heteroatoms. The largest absolute Gasteiger partial charge is 0.489 e. The number of carbonyl (C=O) groups is 1. The molecule has 0 radical (unpaired) electrons. The number of hydrogen-bond donors (Lipinski definition) is 3. The molecule has 29 heavy (non-hydrogen) atoms. The molecule has 1 saturated heterocycles. The molecule has 3 N–H and O–H groups in total. The fourth-order valence-corrected chi connectivity index (χ4v) is 3.82. The van der Waals surface area contributed by atoms with Crippen LogP contribution in [0.3, 0.4) is 0 Å². The molecule has 2 heterocycles. The van der Waals surface area contributed by atoms with Crippen molar-refractivity contribution in [3.8, 4) is 0 Å². The maximum atomic E-state index is 14.5. The SMILES string of the molecule is CN/C(F)=C1\C(=N)C=C(c2cnn(C3CCC3)c2)C=C1O[C@H](C)[C@H]1CNC(=O)C1. The van der Waals surface area contributed by atoms with Crippen LogP contribution in [0.1, 0.15) is 44.2 Å². The van der Waals surface area contributed by atoms with Crippen molar-refractivity contribution < 1.29 is 13.9 Å². The highest BCUT2D eigenvalue weighted by Crippen LogP contribution is 2.34. The van der Waals surface area contributed by atoms with Gasteiger partial charge < -0.3 is 15.4 Å². The van der Waals surface area contributed by atoms with Crippen LogP contribution in [0.15, 0.2) is 41.8 Å². The molecule has 154 valence electrons. The lowest BCUT2D eigenvalue weighted by molar-refractivity contribution is -0.119. The molecule has 0 bridgehead atoms. The Bertz CT molecular complexity index is 925. The second-order valence-electron chi connectivity index (χ2n) is 7.85. The quantitative estimate of drug-likeness (QED) is 0.642. The van der Waals surface area contributed by atoms with E-state index >= 15 is 0 Å². The Morgan fingerprint density at radius 3 is 2.86 bits per heavy atom. The number of hydrogen-bond acceptors (Lipinski definition) is 5. The van der Waals surface area contributed by atoms with Gasteiger partial charge in [-0.15, -0.1) is 0 Å². The summed E-state index contributed by atoms with van der Waals surface area (Å²) in [6.45, 7) is 2.41. The molecule has 1 aromatic heterocycles. The predicted molar refractivity (Wildman–Crippen MR) is 108 cm³/mol. The number of rotatable bonds is 6. The number of nitrogens with zero attached hydrogens (tertiary/aromatic N) is 2. The van der Waals surface area contributed by atoms with Crippen molar-refractivity contribution in [3.05, 3.63) is 47.4 Å². The summed E-state index contributed by atoms with van der Waals surface area (Å²) >= 11 is 0. The van der Waals surface area contributed by atoms with Crippen LogP contribution in [0.2, 0.25) is 0 Å². The first-order chi connectivity index (χ1) is 14.0. The van der Waals surface area contributed by atoms with E-state index in [9.17, 15) is 9.18 Å². The summed E-state index contributed by atoms with van der Waals surface area (Å²) in [5.41, 5.74) is 1.76. The standard InChI is InChI=1S/C21H26FN5O2/c1-12(14-8-19(28)25-9-14)29-18-7-13(6-17(23)20(18)21(22)24-2)15-10-26-27(11-15)16-4-3-5-16/h6-7,10-12,14,16,23-24H,3-5,8-9H2,1-2H3,(H,25,28)/b21-20+,23-17?/t12-,14-/m1/s1. The highest BCUT2D eigenvalue weighted by atomic mass is 19.1. The average Bonchev–Trinajstić information content (AvgIpc) is 3.29. The number of halogens is 1. The Morgan fingerprint density at radius 2 is 2.24 bits per heavy atom. The van der Waals surface area contributed by atoms with Crippen molar-refractivity contribution in [1.82, 2.24) is 20.4 Å². The third-order valence-corrected chi connectivity index (χ3v) is 5.91. The first-order valence-corrected chi connectivity index (χ1v) is 10.0. The van der Waals surface area contributed by atoms with E-state index in [1.807, 2.05) is 17.8 Å². The van der Waals surface area contributed by atoms with Crippen LogP contribution in [-0.4, -0.2) is 41.1 Å². The molecule has 1 amide bonds. The molecule has 1 aliphatic heterocycles. The zero-order valence-electron chi connectivity index (χ0n) is 16.7. The molecular weight excluding hydrogens is 373 g/mol. The highest BCUT2D eigenvalue weighted by Gasteiger charge is 2.31. The minimum Gasteiger partial charge on any atom is -0.489 e. The Labute approximate surface area is 169 Å². The molecule has 2 aliphatic carbocycles. The lowest BCUT2D eigenvalue weighted by atomic mass is 9.93. The molecular formula is C21H26FN5O2. The van der Waals surface area contributed by atoms with Crippen molar-refractivity contribution in [3.63, 3.8) is 0 Å². The van der Waals surface area contributed by atoms with E-state index in [4.69, 9.17) is 10.1 Å². The van der Waals surface area contributed by atoms with Crippen LogP contribution in [-0.2, 0) is 9.53 Å². The van der Waals surface area contributed by atoms with E-state index in [1.165, 1.54) is 13.5 Å². The number of aromatic nitrogens is 2. The Hall–Kier alpha value is -2.90. The summed E-state index contributed by atoms with van der Waals surface area (Å²) in [6, 6.07) is 0.441. The van der Waals surface area contributed by atoms with Gasteiger partial charge in [0.25, 0.3) is 0 Å². The summed E-state index contributed by atoms with van der Waals surface area (Å²) in [4.78, 5) is 11.5. The maximum Gasteiger partial charge on any atom is 0.220 e. The fourth-order valence-electron chi connectivity index (χ4n) is 3.82. The molecule has 2 atom stereocenters. The van der Waals surface area contributed by atoms with Gasteiger partial charge in [-0.3, -0.25) is 14.9 Å². The summed E-state index contributed by atoms with van der Waals surface area (Å²) in [6.07, 6.45) is 10.7. The highest BCUT2D eigenvalue weighted by molar-refractivity contribution is 6.16. The number of amides is 1. The van der Waals surface area contributed by atoms with Crippen LogP contribution >= 0.6 is 0 Å². The van der Waals surface area contributed by atoms with Gasteiger partial charge in [-0.05, 0) is 43.9 Å². The maximum absolute atomic E-state index is 14.5. The first kappa shape index (κ1) is 19.4. The number of nitrogens with one attached hydrogen (secondary N) is 3. The summed E-state index contributed by atoms with van der Waals surface area (Å²) in [5.74, 6) is -0.318. The first-order valence-electron chi connectivity index (χ1n) is 10.0. The molecule has 1 saturated carbocycles. The van der Waals surface area contributed by atoms with Gasteiger partial charge in [-0.2, -0.15) is 9.49 Å². The fraction of sp³-hybridized carbons (Fsp3) is 0.476. The second-order valence-corrected chi connectivity index (χ2v) is 7.85. The van der Waals surface area contributed by atoms with Crippen molar-refractivity contribution in [2.75, 3.05) is 13.6 Å². The van der Waals surface area contributed by atoms with Crippen molar-refractivity contribution in [2.24, 2.45) is 5.92 Å². The molecule has 0 aromatic carbocycles. The van der Waals surface area contributed by atoms with Crippen LogP contribution in [0.4, 0.5) is 4.39 Å². The van der Waals surface area contributed by atoms with Gasteiger partial charge in [-0.1, -0.05) is 0 Å². The third kappa shape index (κ3) is 3.83. The molecule has 2 fully saturated rings. The number of ether oxygens (including phenoxy) is 1. The molecule has 7 nitrogen and oxygen atoms in total. The Morgan fingerprint density at radius 1 is 1.45 bits per heavy atom. The van der Waals surface area contributed by atoms with Crippen LogP contribution in [0.5, 0.6) is 0 Å². The lowest BCUT2D eigenvalue weighted by Crippen LogP contribution is -2.25. The normalized spacial score (nSPS) is 25.0. The van der Waals surface area contributed by atoms with Crippen LogP contribution in [0, 0.1) is 11.3 Å². The van der Waals surface area contributed by atoms with E-state index < -0.39 is 5.95 Å². The minimum absolute atomic E-state index is 0.00280. The number of carbonyl (C=O) groups excluding carboxylic acids is 1. The van der Waals surface area contributed by atoms with E-state index in [2.05, 4.69) is 15.7 Å². The van der Waals surface area contributed by atoms with Crippen LogP contribution < -0.4 is 10.6 Å². The van der Waals surface area contributed by atoms with Gasteiger partial charge in [0.2, 0.25) is 5.91 Å². The van der Waals surface area contributed by atoms with E-state index in [0.29, 0.717) is 24.8 Å². The zero-order chi connectivity index (χ0) is 20.5. The molecule has 0 unspecified atom stereocenters. The monoisotopic (exact) mass is 399 g/mol. The topological polar surface area (TPSA) is 92.0 Å². The van der Waals surface area contributed by atoms with Gasteiger partial charge in [0.05, 0.1) is 23.5 Å². The zero-order valence-corrected chi connectivity index (χ0v) is 16.7. The van der Waals surface area contributed by atoms with E-state index in [0.717, 1.165) is 24.0 Å². The molecule has 0 spiro atoms. The minimum atomic E-state index is -0.616. The molecule has 1 aromatic rings. The summed E-state index contributed by atoms with van der Waals surface area (Å²) in [5, 5.41) is 18.1. The third-order valence-electron chi connectivity index (χ3n) is 5.91. The van der Waals surface area contributed by atoms with Crippen molar-refractivity contribution in [2.45, 2.75) is 44.8 Å².